The summed E-state index contributed by atoms with van der Waals surface area (Å²) in [7, 11) is 0. The van der Waals surface area contributed by atoms with E-state index in [1.165, 1.54) is 12.1 Å². The number of anilines is 1. The smallest absolute Gasteiger partial charge is 0.383 e. The highest BCUT2D eigenvalue weighted by atomic mass is 19.4. The third-order valence-electron chi connectivity index (χ3n) is 3.88. The molecule has 0 saturated carbocycles. The standard InChI is InChI=1S/C16H18F5N5O2/c17-5-6-23-8-15(28,16(19,20)21)9-24-14(27)12-7-25-26(13(12)22)11-3-1-10(18)2-4-11/h1-4,7,23,28H,5-6,8-9,22H2,(H,24,27). The molecular formula is C16H18F5N5O2. The molecule has 1 aromatic carbocycles. The van der Waals surface area contributed by atoms with Crippen LogP contribution in [0.2, 0.25) is 0 Å². The molecule has 0 bridgehead atoms. The van der Waals surface area contributed by atoms with Crippen LogP contribution in [0.1, 0.15) is 10.4 Å². The number of benzene rings is 1. The Hall–Kier alpha value is -2.73. The van der Waals surface area contributed by atoms with Crippen LogP contribution in [0, 0.1) is 5.82 Å². The molecule has 0 aliphatic carbocycles. The van der Waals surface area contributed by atoms with Crippen molar-refractivity contribution in [3.8, 4) is 5.69 Å². The molecule has 2 aromatic rings. The van der Waals surface area contributed by atoms with Crippen molar-refractivity contribution in [2.45, 2.75) is 11.8 Å². The zero-order valence-electron chi connectivity index (χ0n) is 14.4. The molecule has 0 fully saturated rings. The molecule has 0 spiro atoms. The van der Waals surface area contributed by atoms with Crippen molar-refractivity contribution < 1.29 is 31.9 Å². The number of carbonyl (C=O) groups is 1. The molecule has 7 nitrogen and oxygen atoms in total. The van der Waals surface area contributed by atoms with E-state index >= 15 is 0 Å². The Balaban J connectivity index is 2.12. The second-order valence-corrected chi connectivity index (χ2v) is 5.91. The lowest BCUT2D eigenvalue weighted by atomic mass is 10.0. The van der Waals surface area contributed by atoms with Crippen molar-refractivity contribution in [1.82, 2.24) is 20.4 Å². The lowest BCUT2D eigenvalue weighted by molar-refractivity contribution is -0.254. The minimum atomic E-state index is -5.08. The molecule has 0 radical (unpaired) electrons. The zero-order valence-corrected chi connectivity index (χ0v) is 14.4. The maximum Gasteiger partial charge on any atom is 0.420 e. The molecule has 1 aromatic heterocycles. The van der Waals surface area contributed by atoms with Gasteiger partial charge in [-0.3, -0.25) is 4.79 Å². The van der Waals surface area contributed by atoms with E-state index in [0.717, 1.165) is 23.0 Å². The number of nitrogens with zero attached hydrogens (tertiary/aromatic N) is 2. The average molecular weight is 407 g/mol. The van der Waals surface area contributed by atoms with Crippen LogP contribution < -0.4 is 16.4 Å². The minimum Gasteiger partial charge on any atom is -0.383 e. The first-order valence-electron chi connectivity index (χ1n) is 8.02. The van der Waals surface area contributed by atoms with E-state index < -0.39 is 43.3 Å². The molecule has 1 amide bonds. The number of hydrogen-bond donors (Lipinski definition) is 4. The number of aliphatic hydroxyl groups is 1. The molecule has 0 aliphatic heterocycles. The van der Waals surface area contributed by atoms with Crippen LogP contribution in [-0.2, 0) is 0 Å². The van der Waals surface area contributed by atoms with Gasteiger partial charge in [-0.15, -0.1) is 0 Å². The third-order valence-corrected chi connectivity index (χ3v) is 3.88. The van der Waals surface area contributed by atoms with E-state index in [1.807, 2.05) is 5.32 Å². The number of carbonyl (C=O) groups excluding carboxylic acids is 1. The van der Waals surface area contributed by atoms with Crippen molar-refractivity contribution in [3.05, 3.63) is 41.8 Å². The van der Waals surface area contributed by atoms with Crippen molar-refractivity contribution in [1.29, 1.82) is 0 Å². The second kappa shape index (κ2) is 8.52. The van der Waals surface area contributed by atoms with Crippen molar-refractivity contribution in [3.63, 3.8) is 0 Å². The first-order chi connectivity index (χ1) is 13.1. The summed E-state index contributed by atoms with van der Waals surface area (Å²) in [6.45, 7) is -3.50. The van der Waals surface area contributed by atoms with Crippen LogP contribution in [0.3, 0.4) is 0 Å². The molecule has 0 saturated heterocycles. The summed E-state index contributed by atoms with van der Waals surface area (Å²) >= 11 is 0. The molecule has 12 heteroatoms. The maximum absolute atomic E-state index is 13.1. The van der Waals surface area contributed by atoms with E-state index in [9.17, 15) is 31.9 Å². The fraction of sp³-hybridized carbons (Fsp3) is 0.375. The summed E-state index contributed by atoms with van der Waals surface area (Å²) in [5.74, 6) is -1.69. The topological polar surface area (TPSA) is 105 Å². The van der Waals surface area contributed by atoms with Crippen molar-refractivity contribution in [2.24, 2.45) is 0 Å². The number of nitrogens with one attached hydrogen (secondary N) is 2. The second-order valence-electron chi connectivity index (χ2n) is 5.91. The van der Waals surface area contributed by atoms with E-state index in [2.05, 4.69) is 10.4 Å². The van der Waals surface area contributed by atoms with Crippen LogP contribution in [0.4, 0.5) is 27.8 Å². The number of hydrogen-bond acceptors (Lipinski definition) is 5. The molecule has 154 valence electrons. The molecular weight excluding hydrogens is 389 g/mol. The van der Waals surface area contributed by atoms with Gasteiger partial charge in [0.25, 0.3) is 5.91 Å². The summed E-state index contributed by atoms with van der Waals surface area (Å²) in [6.07, 6.45) is -4.05. The SMILES string of the molecule is Nc1c(C(=O)NCC(O)(CNCCF)C(F)(F)F)cnn1-c1ccc(F)cc1. The Morgan fingerprint density at radius 2 is 1.86 bits per heavy atom. The van der Waals surface area contributed by atoms with Crippen LogP contribution in [-0.4, -0.2) is 58.9 Å². The summed E-state index contributed by atoms with van der Waals surface area (Å²) in [5, 5.41) is 17.8. The Morgan fingerprint density at radius 1 is 1.21 bits per heavy atom. The molecule has 28 heavy (non-hydrogen) atoms. The van der Waals surface area contributed by atoms with Crippen LogP contribution in [0.15, 0.2) is 30.5 Å². The van der Waals surface area contributed by atoms with Gasteiger partial charge in [0.05, 0.1) is 18.4 Å². The molecule has 2 rings (SSSR count). The fourth-order valence-electron chi connectivity index (χ4n) is 2.27. The lowest BCUT2D eigenvalue weighted by Crippen LogP contribution is -2.59. The molecule has 5 N–H and O–H groups in total. The number of halogens is 5. The number of nitrogen functional groups attached to an aromatic ring is 1. The Bertz CT molecular complexity index is 809. The number of amides is 1. The number of rotatable bonds is 8. The van der Waals surface area contributed by atoms with Gasteiger partial charge in [-0.2, -0.15) is 18.3 Å². The minimum absolute atomic E-state index is 0.185. The quantitative estimate of drug-likeness (QED) is 0.389. The number of alkyl halides is 4. The van der Waals surface area contributed by atoms with Crippen molar-refractivity contribution >= 4 is 11.7 Å². The average Bonchev–Trinajstić information content (AvgIpc) is 3.01. The third kappa shape index (κ3) is 4.75. The molecule has 1 unspecified atom stereocenters. The maximum atomic E-state index is 13.1. The van der Waals surface area contributed by atoms with E-state index in [4.69, 9.17) is 5.73 Å². The molecule has 0 aliphatic rings. The summed E-state index contributed by atoms with van der Waals surface area (Å²) in [5.41, 5.74) is 2.60. The number of aromatic nitrogens is 2. The summed E-state index contributed by atoms with van der Waals surface area (Å²) < 4.78 is 65.5. The number of nitrogens with two attached hydrogens (primary N) is 1. The molecule has 1 heterocycles. The largest absolute Gasteiger partial charge is 0.420 e. The Labute approximate surface area is 156 Å². The van der Waals surface area contributed by atoms with Crippen LogP contribution in [0.25, 0.3) is 5.69 Å². The highest BCUT2D eigenvalue weighted by Crippen LogP contribution is 2.29. The lowest BCUT2D eigenvalue weighted by Gasteiger charge is -2.30. The van der Waals surface area contributed by atoms with Crippen LogP contribution in [0.5, 0.6) is 0 Å². The van der Waals surface area contributed by atoms with Gasteiger partial charge in [0, 0.05) is 13.1 Å². The van der Waals surface area contributed by atoms with Gasteiger partial charge in [0.1, 0.15) is 23.9 Å². The predicted octanol–water partition coefficient (Wildman–Crippen LogP) is 1.18. The first-order valence-corrected chi connectivity index (χ1v) is 8.02. The van der Waals surface area contributed by atoms with Gasteiger partial charge in [-0.25, -0.2) is 13.5 Å². The van der Waals surface area contributed by atoms with Gasteiger partial charge < -0.3 is 21.5 Å². The van der Waals surface area contributed by atoms with Gasteiger partial charge in [0.2, 0.25) is 0 Å². The fourth-order valence-corrected chi connectivity index (χ4v) is 2.27. The Kier molecular flexibility index (Phi) is 6.56. The Morgan fingerprint density at radius 3 is 2.43 bits per heavy atom. The normalized spacial score (nSPS) is 13.9. The monoisotopic (exact) mass is 407 g/mol. The van der Waals surface area contributed by atoms with Gasteiger partial charge in [-0.05, 0) is 24.3 Å². The summed E-state index contributed by atoms with van der Waals surface area (Å²) in [4.78, 5) is 12.2. The van der Waals surface area contributed by atoms with Crippen LogP contribution >= 0.6 is 0 Å². The zero-order chi connectivity index (χ0) is 20.9. The van der Waals surface area contributed by atoms with E-state index in [-0.39, 0.29) is 17.9 Å². The van der Waals surface area contributed by atoms with E-state index in [1.54, 1.807) is 0 Å². The van der Waals surface area contributed by atoms with Crippen molar-refractivity contribution in [2.75, 3.05) is 32.0 Å². The van der Waals surface area contributed by atoms with Gasteiger partial charge in [0.15, 0.2) is 5.60 Å². The predicted molar refractivity (Wildman–Crippen MR) is 90.1 cm³/mol. The first kappa shape index (κ1) is 21.6. The highest BCUT2D eigenvalue weighted by Gasteiger charge is 2.53. The highest BCUT2D eigenvalue weighted by molar-refractivity contribution is 5.98. The molecule has 1 atom stereocenters. The summed E-state index contributed by atoms with van der Waals surface area (Å²) in [6, 6.07) is 4.98. The van der Waals surface area contributed by atoms with Gasteiger partial charge in [-0.1, -0.05) is 0 Å². The van der Waals surface area contributed by atoms with Gasteiger partial charge >= 0.3 is 6.18 Å². The van der Waals surface area contributed by atoms with E-state index in [0.29, 0.717) is 5.69 Å².